The van der Waals surface area contributed by atoms with E-state index < -0.39 is 16.1 Å². The maximum absolute atomic E-state index is 13.8. The number of benzene rings is 2. The SMILES string of the molecule is COc1cc(C(=O)N(CCCc2ccccc2)Cc2nc(C(=O)NS(=O)(=O)N3CCN(C(C)=O)CC3)cs2)cc(OC)c1C. The average Bonchev–Trinajstić information content (AvgIpc) is 3.49. The van der Waals surface area contributed by atoms with Crippen molar-refractivity contribution in [2.75, 3.05) is 46.9 Å². The molecule has 1 aliphatic rings. The molecule has 0 unspecified atom stereocenters. The van der Waals surface area contributed by atoms with Crippen molar-refractivity contribution in [1.82, 2.24) is 23.8 Å². The molecule has 1 aromatic heterocycles. The topological polar surface area (TPSA) is 138 Å². The highest BCUT2D eigenvalue weighted by Gasteiger charge is 2.30. The van der Waals surface area contributed by atoms with Crippen LogP contribution >= 0.6 is 11.3 Å². The van der Waals surface area contributed by atoms with Crippen LogP contribution in [0.3, 0.4) is 0 Å². The van der Waals surface area contributed by atoms with Crippen LogP contribution in [0.2, 0.25) is 0 Å². The number of nitrogens with one attached hydrogen (secondary N) is 1. The first kappa shape index (κ1) is 32.9. The van der Waals surface area contributed by atoms with E-state index in [1.54, 1.807) is 21.9 Å². The van der Waals surface area contributed by atoms with Gasteiger partial charge in [0.15, 0.2) is 0 Å². The molecular weight excluding hydrogens is 606 g/mol. The molecule has 0 spiro atoms. The van der Waals surface area contributed by atoms with Gasteiger partial charge in [-0.2, -0.15) is 12.7 Å². The maximum Gasteiger partial charge on any atom is 0.304 e. The van der Waals surface area contributed by atoms with E-state index >= 15 is 0 Å². The molecule has 0 aliphatic carbocycles. The van der Waals surface area contributed by atoms with Crippen molar-refractivity contribution in [1.29, 1.82) is 0 Å². The molecule has 2 aromatic carbocycles. The molecule has 2 heterocycles. The van der Waals surface area contributed by atoms with Crippen molar-refractivity contribution >= 4 is 39.3 Å². The lowest BCUT2D eigenvalue weighted by Crippen LogP contribution is -2.53. The molecule has 3 aromatic rings. The number of carbonyl (C=O) groups is 3. The van der Waals surface area contributed by atoms with Gasteiger partial charge < -0.3 is 19.3 Å². The van der Waals surface area contributed by atoms with E-state index in [0.717, 1.165) is 33.2 Å². The highest BCUT2D eigenvalue weighted by atomic mass is 32.2. The second-order valence-electron chi connectivity index (χ2n) is 10.3. The van der Waals surface area contributed by atoms with Gasteiger partial charge in [-0.15, -0.1) is 11.3 Å². The van der Waals surface area contributed by atoms with Gasteiger partial charge in [0.25, 0.3) is 11.8 Å². The normalized spacial score (nSPS) is 13.8. The molecule has 236 valence electrons. The predicted octanol–water partition coefficient (Wildman–Crippen LogP) is 2.88. The van der Waals surface area contributed by atoms with Gasteiger partial charge in [-0.1, -0.05) is 30.3 Å². The van der Waals surface area contributed by atoms with Gasteiger partial charge in [0.1, 0.15) is 22.2 Å². The van der Waals surface area contributed by atoms with Gasteiger partial charge in [0.2, 0.25) is 5.91 Å². The van der Waals surface area contributed by atoms with Crippen molar-refractivity contribution < 1.29 is 32.3 Å². The molecule has 12 nitrogen and oxygen atoms in total. The molecule has 1 fully saturated rings. The van der Waals surface area contributed by atoms with Gasteiger partial charge >= 0.3 is 10.2 Å². The number of methoxy groups -OCH3 is 2. The van der Waals surface area contributed by atoms with E-state index in [0.29, 0.717) is 35.0 Å². The monoisotopic (exact) mass is 643 g/mol. The lowest BCUT2D eigenvalue weighted by Gasteiger charge is -2.33. The fourth-order valence-electron chi connectivity index (χ4n) is 4.89. The number of hydrogen-bond acceptors (Lipinski definition) is 9. The van der Waals surface area contributed by atoms with E-state index in [9.17, 15) is 22.8 Å². The number of rotatable bonds is 12. The number of thiazole rings is 1. The zero-order valence-corrected chi connectivity index (χ0v) is 26.9. The van der Waals surface area contributed by atoms with Crippen LogP contribution in [0.25, 0.3) is 0 Å². The second kappa shape index (κ2) is 14.6. The third kappa shape index (κ3) is 8.12. The quantitative estimate of drug-likeness (QED) is 0.318. The predicted molar refractivity (Wildman–Crippen MR) is 166 cm³/mol. The number of carbonyl (C=O) groups excluding carboxylic acids is 3. The fraction of sp³-hybridized carbons (Fsp3) is 0.400. The summed E-state index contributed by atoms with van der Waals surface area (Å²) in [4.78, 5) is 45.8. The van der Waals surface area contributed by atoms with Crippen molar-refractivity contribution in [3.63, 3.8) is 0 Å². The maximum atomic E-state index is 13.8. The van der Waals surface area contributed by atoms with Crippen molar-refractivity contribution in [3.8, 4) is 11.5 Å². The molecule has 1 aliphatic heterocycles. The fourth-order valence-corrected chi connectivity index (χ4v) is 6.79. The molecular formula is C30H37N5O7S2. The molecule has 0 atom stereocenters. The van der Waals surface area contributed by atoms with Gasteiger partial charge in [-0.05, 0) is 37.5 Å². The van der Waals surface area contributed by atoms with Gasteiger partial charge in [-0.25, -0.2) is 9.71 Å². The van der Waals surface area contributed by atoms with Crippen LogP contribution in [0.1, 0.15) is 50.3 Å². The van der Waals surface area contributed by atoms with Crippen LogP contribution in [0, 0.1) is 6.92 Å². The molecule has 1 saturated heterocycles. The smallest absolute Gasteiger partial charge is 0.304 e. The van der Waals surface area contributed by atoms with Crippen LogP contribution in [-0.2, 0) is 28.0 Å². The first-order chi connectivity index (χ1) is 21.0. The summed E-state index contributed by atoms with van der Waals surface area (Å²) < 4.78 is 39.8. The standard InChI is InChI=1S/C30H37N5O7S2/c1-21-26(41-3)17-24(18-27(21)42-4)30(38)34(12-8-11-23-9-6-5-7-10-23)19-28-31-25(20-43-28)29(37)32-44(39,40)35-15-13-33(14-16-35)22(2)36/h5-7,9-10,17-18,20H,8,11-16,19H2,1-4H3,(H,32,37). The largest absolute Gasteiger partial charge is 0.496 e. The van der Waals surface area contributed by atoms with Crippen LogP contribution in [0.4, 0.5) is 0 Å². The molecule has 14 heteroatoms. The van der Waals surface area contributed by atoms with Gasteiger partial charge in [-0.3, -0.25) is 14.4 Å². The Kier molecular flexibility index (Phi) is 10.9. The van der Waals surface area contributed by atoms with E-state index in [-0.39, 0.29) is 50.2 Å². The first-order valence-electron chi connectivity index (χ1n) is 14.1. The van der Waals surface area contributed by atoms with E-state index in [1.807, 2.05) is 37.3 Å². The summed E-state index contributed by atoms with van der Waals surface area (Å²) in [6, 6.07) is 13.3. The van der Waals surface area contributed by atoms with Crippen LogP contribution in [0.15, 0.2) is 47.8 Å². The Morgan fingerprint density at radius 3 is 2.25 bits per heavy atom. The Labute approximate surface area is 261 Å². The highest BCUT2D eigenvalue weighted by Crippen LogP contribution is 2.30. The Bertz CT molecular complexity index is 1560. The molecule has 0 bridgehead atoms. The number of nitrogens with zero attached hydrogens (tertiary/aromatic N) is 4. The Hall–Kier alpha value is -4.01. The number of aromatic nitrogens is 1. The zero-order chi connectivity index (χ0) is 31.9. The molecule has 3 amide bonds. The van der Waals surface area contributed by atoms with Crippen LogP contribution in [-0.4, -0.2) is 92.2 Å². The minimum Gasteiger partial charge on any atom is -0.496 e. The third-order valence-corrected chi connectivity index (χ3v) is 9.70. The minimum atomic E-state index is -4.13. The highest BCUT2D eigenvalue weighted by molar-refractivity contribution is 7.87. The summed E-state index contributed by atoms with van der Waals surface area (Å²) in [6.07, 6.45) is 1.44. The van der Waals surface area contributed by atoms with E-state index in [2.05, 4.69) is 9.71 Å². The summed E-state index contributed by atoms with van der Waals surface area (Å²) in [5, 5.41) is 1.94. The summed E-state index contributed by atoms with van der Waals surface area (Å²) >= 11 is 1.16. The van der Waals surface area contributed by atoms with Crippen LogP contribution < -0.4 is 14.2 Å². The summed E-state index contributed by atoms with van der Waals surface area (Å²) in [6.45, 7) is 4.46. The number of aryl methyl sites for hydroxylation is 1. The second-order valence-corrected chi connectivity index (χ2v) is 12.9. The number of amides is 3. The number of piperazine rings is 1. The van der Waals surface area contributed by atoms with Crippen LogP contribution in [0.5, 0.6) is 11.5 Å². The van der Waals surface area contributed by atoms with Crippen molar-refractivity contribution in [2.45, 2.75) is 33.2 Å². The Morgan fingerprint density at radius 1 is 1.02 bits per heavy atom. The van der Waals surface area contributed by atoms with Gasteiger partial charge in [0.05, 0.1) is 20.8 Å². The number of hydrogen-bond donors (Lipinski definition) is 1. The Morgan fingerprint density at radius 2 is 1.66 bits per heavy atom. The molecule has 1 N–H and O–H groups in total. The van der Waals surface area contributed by atoms with Gasteiger partial charge in [0, 0.05) is 56.2 Å². The van der Waals surface area contributed by atoms with Crippen molar-refractivity contribution in [2.24, 2.45) is 0 Å². The first-order valence-corrected chi connectivity index (χ1v) is 16.4. The minimum absolute atomic E-state index is 0.0636. The summed E-state index contributed by atoms with van der Waals surface area (Å²) in [5.74, 6) is -0.211. The molecule has 0 radical (unpaired) electrons. The zero-order valence-electron chi connectivity index (χ0n) is 25.2. The van der Waals surface area contributed by atoms with E-state index in [1.165, 1.54) is 26.5 Å². The van der Waals surface area contributed by atoms with Crippen molar-refractivity contribution in [3.05, 3.63) is 75.2 Å². The third-order valence-electron chi connectivity index (χ3n) is 7.38. The summed E-state index contributed by atoms with van der Waals surface area (Å²) in [7, 11) is -1.07. The lowest BCUT2D eigenvalue weighted by molar-refractivity contribution is -0.129. The van der Waals surface area contributed by atoms with E-state index in [4.69, 9.17) is 9.47 Å². The summed E-state index contributed by atoms with van der Waals surface area (Å²) in [5.41, 5.74) is 2.24. The Balaban J connectivity index is 1.48. The average molecular weight is 644 g/mol. The lowest BCUT2D eigenvalue weighted by atomic mass is 10.1. The molecule has 4 rings (SSSR count). The molecule has 0 saturated carbocycles. The molecule has 44 heavy (non-hydrogen) atoms. The number of ether oxygens (including phenoxy) is 2.